The summed E-state index contributed by atoms with van der Waals surface area (Å²) < 4.78 is 0. The molecule has 0 bridgehead atoms. The first kappa shape index (κ1) is 11.3. The molecule has 0 aromatic rings. The van der Waals surface area contributed by atoms with Crippen LogP contribution < -0.4 is 5.32 Å². The monoisotopic (exact) mass is 202 g/mol. The van der Waals surface area contributed by atoms with E-state index in [2.05, 4.69) is 42.9 Å². The SMILES string of the molecule is CCCNC(C)C1CSCCN1C. The largest absolute Gasteiger partial charge is 0.313 e. The van der Waals surface area contributed by atoms with Crippen molar-refractivity contribution < 1.29 is 0 Å². The minimum absolute atomic E-state index is 0.637. The summed E-state index contributed by atoms with van der Waals surface area (Å²) >= 11 is 2.09. The molecular weight excluding hydrogens is 180 g/mol. The van der Waals surface area contributed by atoms with Crippen LogP contribution in [0.15, 0.2) is 0 Å². The number of nitrogens with zero attached hydrogens (tertiary/aromatic N) is 1. The zero-order valence-electron chi connectivity index (χ0n) is 9.05. The molecule has 1 fully saturated rings. The molecule has 0 aromatic carbocycles. The fourth-order valence-corrected chi connectivity index (χ4v) is 3.11. The molecule has 0 aromatic heterocycles. The van der Waals surface area contributed by atoms with Gasteiger partial charge in [-0.05, 0) is 26.9 Å². The van der Waals surface area contributed by atoms with Crippen LogP contribution in [-0.4, -0.2) is 48.6 Å². The van der Waals surface area contributed by atoms with Gasteiger partial charge in [-0.3, -0.25) is 0 Å². The maximum Gasteiger partial charge on any atom is 0.0334 e. The Bertz CT molecular complexity index is 141. The van der Waals surface area contributed by atoms with Gasteiger partial charge in [-0.2, -0.15) is 11.8 Å². The fourth-order valence-electron chi connectivity index (χ4n) is 1.74. The second-order valence-corrected chi connectivity index (χ2v) is 5.02. The van der Waals surface area contributed by atoms with Crippen LogP contribution in [0.5, 0.6) is 0 Å². The van der Waals surface area contributed by atoms with E-state index in [4.69, 9.17) is 0 Å². The van der Waals surface area contributed by atoms with E-state index in [9.17, 15) is 0 Å². The van der Waals surface area contributed by atoms with E-state index in [0.29, 0.717) is 6.04 Å². The van der Waals surface area contributed by atoms with Crippen molar-refractivity contribution in [3.63, 3.8) is 0 Å². The number of nitrogens with one attached hydrogen (secondary N) is 1. The van der Waals surface area contributed by atoms with Crippen molar-refractivity contribution in [3.05, 3.63) is 0 Å². The Hall–Kier alpha value is 0.270. The summed E-state index contributed by atoms with van der Waals surface area (Å²) in [5, 5.41) is 3.58. The Morgan fingerprint density at radius 3 is 3.00 bits per heavy atom. The molecule has 1 heterocycles. The van der Waals surface area contributed by atoms with E-state index in [1.165, 1.54) is 24.5 Å². The Morgan fingerprint density at radius 2 is 2.38 bits per heavy atom. The van der Waals surface area contributed by atoms with Crippen molar-refractivity contribution in [2.45, 2.75) is 32.4 Å². The molecule has 2 atom stereocenters. The lowest BCUT2D eigenvalue weighted by Crippen LogP contribution is -2.51. The number of hydrogen-bond donors (Lipinski definition) is 1. The zero-order valence-corrected chi connectivity index (χ0v) is 9.86. The summed E-state index contributed by atoms with van der Waals surface area (Å²) in [4.78, 5) is 2.49. The van der Waals surface area contributed by atoms with Crippen LogP contribution in [0.1, 0.15) is 20.3 Å². The first-order chi connectivity index (χ1) is 6.25. The van der Waals surface area contributed by atoms with Gasteiger partial charge in [-0.1, -0.05) is 6.92 Å². The molecule has 0 amide bonds. The molecule has 1 aliphatic heterocycles. The van der Waals surface area contributed by atoms with Crippen molar-refractivity contribution in [1.29, 1.82) is 0 Å². The van der Waals surface area contributed by atoms with Crippen LogP contribution in [0, 0.1) is 0 Å². The first-order valence-electron chi connectivity index (χ1n) is 5.27. The number of thioether (sulfide) groups is 1. The molecule has 1 N–H and O–H groups in total. The molecule has 0 spiro atoms. The smallest absolute Gasteiger partial charge is 0.0334 e. The van der Waals surface area contributed by atoms with Crippen LogP contribution in [0.25, 0.3) is 0 Å². The average molecular weight is 202 g/mol. The van der Waals surface area contributed by atoms with Crippen molar-refractivity contribution in [3.8, 4) is 0 Å². The maximum absolute atomic E-state index is 3.58. The zero-order chi connectivity index (χ0) is 9.68. The average Bonchev–Trinajstić information content (AvgIpc) is 2.15. The molecule has 13 heavy (non-hydrogen) atoms. The van der Waals surface area contributed by atoms with E-state index in [-0.39, 0.29) is 0 Å². The number of hydrogen-bond acceptors (Lipinski definition) is 3. The third kappa shape index (κ3) is 3.49. The second-order valence-electron chi connectivity index (χ2n) is 3.87. The third-order valence-electron chi connectivity index (χ3n) is 2.74. The van der Waals surface area contributed by atoms with Gasteiger partial charge >= 0.3 is 0 Å². The van der Waals surface area contributed by atoms with Gasteiger partial charge in [-0.25, -0.2) is 0 Å². The molecule has 1 rings (SSSR count). The highest BCUT2D eigenvalue weighted by Gasteiger charge is 2.23. The second kappa shape index (κ2) is 5.89. The van der Waals surface area contributed by atoms with Crippen molar-refractivity contribution in [1.82, 2.24) is 10.2 Å². The molecular formula is C10H22N2S. The van der Waals surface area contributed by atoms with E-state index >= 15 is 0 Å². The van der Waals surface area contributed by atoms with E-state index in [1.807, 2.05) is 0 Å². The predicted molar refractivity (Wildman–Crippen MR) is 61.5 cm³/mol. The minimum atomic E-state index is 0.637. The van der Waals surface area contributed by atoms with Gasteiger partial charge in [0.05, 0.1) is 0 Å². The Kier molecular flexibility index (Phi) is 5.14. The number of likely N-dealkylation sites (N-methyl/N-ethyl adjacent to an activating group) is 1. The Morgan fingerprint density at radius 1 is 1.62 bits per heavy atom. The van der Waals surface area contributed by atoms with Crippen LogP contribution >= 0.6 is 11.8 Å². The quantitative estimate of drug-likeness (QED) is 0.742. The highest BCUT2D eigenvalue weighted by molar-refractivity contribution is 7.99. The number of rotatable bonds is 4. The maximum atomic E-state index is 3.58. The topological polar surface area (TPSA) is 15.3 Å². The van der Waals surface area contributed by atoms with Gasteiger partial charge in [0.15, 0.2) is 0 Å². The lowest BCUT2D eigenvalue weighted by Gasteiger charge is -2.36. The van der Waals surface area contributed by atoms with Crippen LogP contribution in [-0.2, 0) is 0 Å². The van der Waals surface area contributed by atoms with Crippen molar-refractivity contribution >= 4 is 11.8 Å². The lowest BCUT2D eigenvalue weighted by molar-refractivity contribution is 0.223. The molecule has 0 saturated carbocycles. The van der Waals surface area contributed by atoms with Gasteiger partial charge in [0.2, 0.25) is 0 Å². The molecule has 0 radical (unpaired) electrons. The summed E-state index contributed by atoms with van der Waals surface area (Å²) in [6, 6.07) is 1.36. The standard InChI is InChI=1S/C10H22N2S/c1-4-5-11-9(2)10-8-13-7-6-12(10)3/h9-11H,4-8H2,1-3H3. The highest BCUT2D eigenvalue weighted by Crippen LogP contribution is 2.17. The summed E-state index contributed by atoms with van der Waals surface area (Å²) in [6.07, 6.45) is 1.23. The summed E-state index contributed by atoms with van der Waals surface area (Å²) in [5.74, 6) is 2.59. The molecule has 2 unspecified atom stereocenters. The summed E-state index contributed by atoms with van der Waals surface area (Å²) in [7, 11) is 2.24. The van der Waals surface area contributed by atoms with Crippen LogP contribution in [0.2, 0.25) is 0 Å². The van der Waals surface area contributed by atoms with Gasteiger partial charge in [0.1, 0.15) is 0 Å². The summed E-state index contributed by atoms with van der Waals surface area (Å²) in [5.41, 5.74) is 0. The molecule has 0 aliphatic carbocycles. The molecule has 2 nitrogen and oxygen atoms in total. The highest BCUT2D eigenvalue weighted by atomic mass is 32.2. The van der Waals surface area contributed by atoms with Crippen LogP contribution in [0.3, 0.4) is 0 Å². The minimum Gasteiger partial charge on any atom is -0.313 e. The van der Waals surface area contributed by atoms with Gasteiger partial charge in [-0.15, -0.1) is 0 Å². The molecule has 3 heteroatoms. The van der Waals surface area contributed by atoms with Crippen LogP contribution in [0.4, 0.5) is 0 Å². The van der Waals surface area contributed by atoms with E-state index in [1.54, 1.807) is 0 Å². The third-order valence-corrected chi connectivity index (χ3v) is 3.79. The lowest BCUT2D eigenvalue weighted by atomic mass is 10.1. The van der Waals surface area contributed by atoms with Crippen molar-refractivity contribution in [2.75, 3.05) is 31.6 Å². The summed E-state index contributed by atoms with van der Waals surface area (Å²) in [6.45, 7) is 6.92. The Balaban J connectivity index is 2.30. The van der Waals surface area contributed by atoms with Gasteiger partial charge in [0.25, 0.3) is 0 Å². The van der Waals surface area contributed by atoms with Crippen molar-refractivity contribution in [2.24, 2.45) is 0 Å². The normalized spacial score (nSPS) is 27.5. The molecule has 1 aliphatic rings. The van der Waals surface area contributed by atoms with E-state index < -0.39 is 0 Å². The van der Waals surface area contributed by atoms with E-state index in [0.717, 1.165) is 12.6 Å². The van der Waals surface area contributed by atoms with Gasteiger partial charge < -0.3 is 10.2 Å². The fraction of sp³-hybridized carbons (Fsp3) is 1.00. The first-order valence-corrected chi connectivity index (χ1v) is 6.42. The molecule has 1 saturated heterocycles. The Labute approximate surface area is 86.5 Å². The van der Waals surface area contributed by atoms with Gasteiger partial charge in [0, 0.05) is 30.1 Å². The predicted octanol–water partition coefficient (Wildman–Crippen LogP) is 1.42. The molecule has 78 valence electrons.